The van der Waals surface area contributed by atoms with Gasteiger partial charge in [-0.3, -0.25) is 43.9 Å². The number of fused-ring (bicyclic) bond motifs is 4. The fraction of sp³-hybridized carbons (Fsp3) is 0.333. The smallest absolute Gasteiger partial charge is 0.255 e. The van der Waals surface area contributed by atoms with Gasteiger partial charge in [0.1, 0.15) is 11.6 Å². The summed E-state index contributed by atoms with van der Waals surface area (Å²) in [5, 5.41) is 71.2. The van der Waals surface area contributed by atoms with Crippen LogP contribution in [0, 0.1) is 65.2 Å². The zero-order valence-electron chi connectivity index (χ0n) is 79.4. The lowest BCUT2D eigenvalue weighted by atomic mass is 9.96. The molecule has 4 amide bonds. The van der Waals surface area contributed by atoms with E-state index >= 15 is 0 Å². The van der Waals surface area contributed by atoms with Crippen molar-refractivity contribution in [1.29, 1.82) is 0 Å². The monoisotopic (exact) mass is 1840 g/mol. The van der Waals surface area contributed by atoms with E-state index in [1.54, 1.807) is 24.5 Å². The van der Waals surface area contributed by atoms with Crippen molar-refractivity contribution in [2.45, 2.75) is 152 Å². The van der Waals surface area contributed by atoms with Crippen molar-refractivity contribution in [3.05, 3.63) is 310 Å². The van der Waals surface area contributed by atoms with Gasteiger partial charge in [-0.15, -0.1) is 0 Å². The van der Waals surface area contributed by atoms with Gasteiger partial charge in [-0.2, -0.15) is 5.10 Å². The Morgan fingerprint density at radius 2 is 0.781 bits per heavy atom. The lowest BCUT2D eigenvalue weighted by molar-refractivity contribution is 0.0319. The van der Waals surface area contributed by atoms with E-state index in [1.807, 2.05) is 159 Å². The molecule has 8 atom stereocenters. The van der Waals surface area contributed by atoms with E-state index in [2.05, 4.69) is 210 Å². The van der Waals surface area contributed by atoms with E-state index in [1.165, 1.54) is 16.7 Å². The number of hydrogen-bond acceptors (Lipinski definition) is 17. The third-order valence-electron chi connectivity index (χ3n) is 26.6. The Balaban J connectivity index is 0.000000127. The number of benzene rings is 8. The molecule has 4 aliphatic rings. The average molecular weight is 1850 g/mol. The number of aryl methyl sites for hydroxylation is 6. The Bertz CT molecular complexity index is 6850. The van der Waals surface area contributed by atoms with E-state index in [0.29, 0.717) is 40.2 Å². The van der Waals surface area contributed by atoms with Gasteiger partial charge < -0.3 is 80.0 Å². The first kappa shape index (κ1) is 95.0. The topological polar surface area (TPSA) is 365 Å². The van der Waals surface area contributed by atoms with Crippen molar-refractivity contribution in [3.8, 4) is 22.7 Å². The minimum absolute atomic E-state index is 0.0131. The highest BCUT2D eigenvalue weighted by Gasteiger charge is 2.30. The first-order valence-electron chi connectivity index (χ1n) is 47.5. The molecule has 137 heavy (non-hydrogen) atoms. The van der Waals surface area contributed by atoms with E-state index in [4.69, 9.17) is 5.11 Å². The lowest BCUT2D eigenvalue weighted by Gasteiger charge is -2.34. The molecule has 8 unspecified atom stereocenters. The van der Waals surface area contributed by atoms with Gasteiger partial charge in [-0.1, -0.05) is 39.8 Å². The Labute approximate surface area is 797 Å². The van der Waals surface area contributed by atoms with Gasteiger partial charge in [0.05, 0.1) is 70.6 Å². The second kappa shape index (κ2) is 42.3. The second-order valence-electron chi connectivity index (χ2n) is 38.2. The third kappa shape index (κ3) is 23.9. The van der Waals surface area contributed by atoms with Gasteiger partial charge in [0, 0.05) is 219 Å². The van der Waals surface area contributed by atoms with Crippen LogP contribution in [0.4, 0.5) is 22.7 Å². The Kier molecular flexibility index (Phi) is 29.3. The third-order valence-corrected chi connectivity index (χ3v) is 26.6. The predicted octanol–water partition coefficient (Wildman–Crippen LogP) is 16.6. The summed E-state index contributed by atoms with van der Waals surface area (Å²) < 4.78 is 8.20. The summed E-state index contributed by atoms with van der Waals surface area (Å²) in [6, 6.07) is 55.1. The van der Waals surface area contributed by atoms with Crippen LogP contribution in [0.5, 0.6) is 0 Å². The molecule has 0 saturated carbocycles. The van der Waals surface area contributed by atoms with Crippen LogP contribution in [-0.4, -0.2) is 211 Å². The molecule has 29 nitrogen and oxygen atoms in total. The number of nitrogens with zero attached hydrogens (tertiary/aromatic N) is 12. The minimum atomic E-state index is -0.247. The predicted molar refractivity (Wildman–Crippen MR) is 539 cm³/mol. The number of H-pyrrole nitrogens is 4. The number of aliphatic hydroxyl groups is 5. The number of anilines is 4. The van der Waals surface area contributed by atoms with Gasteiger partial charge >= 0.3 is 0 Å². The van der Waals surface area contributed by atoms with Crippen LogP contribution in [-0.2, 0) is 32.6 Å². The molecule has 29 heteroatoms. The number of piperidine rings is 4. The summed E-state index contributed by atoms with van der Waals surface area (Å²) in [5.41, 5.74) is 24.1. The first-order valence-corrected chi connectivity index (χ1v) is 47.5. The summed E-state index contributed by atoms with van der Waals surface area (Å²) in [5.74, 6) is 1.85. The highest BCUT2D eigenvalue weighted by molar-refractivity contribution is 6.09. The number of aliphatic hydroxyl groups excluding tert-OH is 5. The number of hydrogen-bond donors (Lipinski definition) is 13. The maximum absolute atomic E-state index is 13.2. The molecule has 0 bridgehead atoms. The lowest BCUT2D eigenvalue weighted by Crippen LogP contribution is -2.41. The number of amides is 4. The summed E-state index contributed by atoms with van der Waals surface area (Å²) in [7, 11) is 0. The molecule has 13 N–H and O–H groups in total. The molecule has 0 radical (unpaired) electrons. The number of aromatic amines is 4. The molecule has 12 heterocycles. The van der Waals surface area contributed by atoms with Crippen LogP contribution in [0.2, 0.25) is 0 Å². The highest BCUT2D eigenvalue weighted by atomic mass is 16.3. The van der Waals surface area contributed by atoms with Gasteiger partial charge in [0.15, 0.2) is 0 Å². The number of carbonyl (C=O) groups is 4. The number of carbonyl (C=O) groups excluding carboxylic acids is 4. The molecule has 0 spiro atoms. The quantitative estimate of drug-likeness (QED) is 0.0300. The largest absolute Gasteiger partial charge is 0.396 e. The molecule has 0 aliphatic carbocycles. The van der Waals surface area contributed by atoms with Crippen molar-refractivity contribution in [2.75, 3.05) is 80.2 Å². The molecule has 16 aromatic rings. The molecular weight excluding hydrogens is 1720 g/mol. The average Bonchev–Trinajstić information content (AvgIpc) is 1.76. The van der Waals surface area contributed by atoms with Gasteiger partial charge in [-0.05, 0) is 293 Å². The minimum Gasteiger partial charge on any atom is -0.396 e. The fourth-order valence-corrected chi connectivity index (χ4v) is 19.0. The standard InChI is InChI=1S/C27H32N6O3.2C27H31N5O2.C27H30N4O2/c1-17-13-32(7-5-25(17)35)15-19-9-21(12-22(10-19)33-14-18(2)28-16-33)29-27(36)20-3-4-23-24(11-20)31-26(30-23)6-8-34;1-17-6-9-32(14-17)23-11-20(16-31-8-7-26(33)18(2)15-31)10-22(13-23)30-27(34)21-4-5-24-25(12-21)29-19(3)28-24;1-17-6-9-32(14-17)23-11-20(16-31-8-7-26(33)18(2)15-31)10-22(13-23)28-27(34)21-4-5-24-19(3)29-30-25(24)12-21;1-18-6-10-31(15-18)24-12-20(17-30-9-7-26(32)19(2)16-30)11-23(14-24)29-27(33)22-4-3-21-5-8-28-25(21)13-22/h3-4,9-12,14,16-17,25,34-35H,5-8,13,15H2,1-2H3,(H,29,36)(H,30,31);4-6,9-14,18,26,33H,7-8,15-16H2,1-3H3,(H,28,29)(H,30,34);4-6,9-14,18,26,33H,7-8,15-16H2,1-3H3,(H,28,34)(H,29,30);3-6,8,10-15,19,26,28,32H,7,9,16-17H2,1-2H3,(H,29,33). The van der Waals surface area contributed by atoms with Crippen LogP contribution in [0.1, 0.15) is 157 Å². The van der Waals surface area contributed by atoms with Crippen molar-refractivity contribution in [1.82, 2.24) is 78.0 Å². The number of rotatable bonds is 22. The molecule has 4 fully saturated rings. The van der Waals surface area contributed by atoms with E-state index < -0.39 is 0 Å². The zero-order valence-corrected chi connectivity index (χ0v) is 79.4. The summed E-state index contributed by atoms with van der Waals surface area (Å²) in [6.07, 6.45) is 20.6. The summed E-state index contributed by atoms with van der Waals surface area (Å²) >= 11 is 0. The van der Waals surface area contributed by atoms with Gasteiger partial charge in [0.25, 0.3) is 23.6 Å². The molecular formula is C108H124N20O9. The van der Waals surface area contributed by atoms with Crippen LogP contribution in [0.15, 0.2) is 226 Å². The first-order chi connectivity index (χ1) is 66.0. The van der Waals surface area contributed by atoms with Crippen molar-refractivity contribution >= 4 is 90.3 Å². The molecule has 4 aliphatic heterocycles. The maximum atomic E-state index is 13.2. The van der Waals surface area contributed by atoms with Gasteiger partial charge in [-0.25, -0.2) is 15.0 Å². The number of likely N-dealkylation sites (tertiary alicyclic amines) is 4. The Morgan fingerprint density at radius 1 is 0.401 bits per heavy atom. The molecule has 4 saturated heterocycles. The van der Waals surface area contributed by atoms with Gasteiger partial charge in [0.2, 0.25) is 0 Å². The van der Waals surface area contributed by atoms with E-state index in [9.17, 15) is 39.6 Å². The zero-order chi connectivity index (χ0) is 95.8. The molecule has 8 aromatic carbocycles. The van der Waals surface area contributed by atoms with E-state index in [0.717, 1.165) is 227 Å². The highest BCUT2D eigenvalue weighted by Crippen LogP contribution is 2.33. The van der Waals surface area contributed by atoms with E-state index in [-0.39, 0.29) is 78.3 Å². The SMILES string of the molecule is Cc1ccn(-c2cc(CN3CCC(O)C(C)C3)cc(NC(=O)c3ccc4c(C)[nH]nc4c3)c2)c1.Cc1ccn(-c2cc(CN3CCC(O)C(C)C3)cc(NC(=O)c3ccc4cc[nH]c4c3)c2)c1.Cc1ccn(-c2cc(CN3CCC(O)C(C)C3)cc(NC(=O)c3ccc4nc(C)[nH]c4c3)c2)c1.Cc1cn(-c2cc(CN3CCC(O)C(C)C3)cc(NC(=O)c3ccc4nc(CCO)[nH]c4c3)c2)cn1. The fourth-order valence-electron chi connectivity index (χ4n) is 19.0. The second-order valence-corrected chi connectivity index (χ2v) is 38.2. The summed E-state index contributed by atoms with van der Waals surface area (Å²) in [4.78, 5) is 84.6. The maximum Gasteiger partial charge on any atom is 0.255 e. The molecule has 20 rings (SSSR count). The summed E-state index contributed by atoms with van der Waals surface area (Å²) in [6.45, 7) is 30.3. The number of aromatic nitrogens is 12. The van der Waals surface area contributed by atoms with Crippen molar-refractivity contribution in [3.63, 3.8) is 0 Å². The van der Waals surface area contributed by atoms with Crippen molar-refractivity contribution < 1.29 is 44.7 Å². The van der Waals surface area contributed by atoms with Crippen LogP contribution >= 0.6 is 0 Å². The van der Waals surface area contributed by atoms with Crippen LogP contribution in [0.25, 0.3) is 66.6 Å². The van der Waals surface area contributed by atoms with Crippen LogP contribution < -0.4 is 21.3 Å². The Hall–Kier alpha value is -13.7. The Morgan fingerprint density at radius 3 is 1.17 bits per heavy atom. The van der Waals surface area contributed by atoms with Crippen molar-refractivity contribution in [2.24, 2.45) is 23.7 Å². The number of imidazole rings is 3. The van der Waals surface area contributed by atoms with Crippen LogP contribution in [0.3, 0.4) is 0 Å². The normalized spacial score (nSPS) is 18.9. The number of nitrogens with one attached hydrogen (secondary N) is 8. The molecule has 710 valence electrons. The molecule has 8 aromatic heterocycles.